The van der Waals surface area contributed by atoms with Crippen LogP contribution in [0.3, 0.4) is 0 Å². The lowest BCUT2D eigenvalue weighted by molar-refractivity contribution is -0.141. The predicted octanol–water partition coefficient (Wildman–Crippen LogP) is 4.29. The van der Waals surface area contributed by atoms with Crippen LogP contribution in [0.25, 0.3) is 10.9 Å². The number of aromatic amines is 1. The topological polar surface area (TPSA) is 97.7 Å². The summed E-state index contributed by atoms with van der Waals surface area (Å²) in [6, 6.07) is 8.03. The van der Waals surface area contributed by atoms with Gasteiger partial charge in [0.1, 0.15) is 11.4 Å². The molecule has 0 radical (unpaired) electrons. The number of anilines is 1. The second-order valence-corrected chi connectivity index (χ2v) is 8.02. The van der Waals surface area contributed by atoms with E-state index in [0.717, 1.165) is 22.5 Å². The van der Waals surface area contributed by atoms with Crippen molar-refractivity contribution in [1.82, 2.24) is 25.0 Å². The SMILES string of the molecule is Cn1cc(C(=O)Nc2c[nH]c3ccc(O[C@H]4C[C@H](c5ccc(C(F)(F)F)nc5)C4)cc23)nn1. The van der Waals surface area contributed by atoms with Gasteiger partial charge in [0.25, 0.3) is 5.91 Å². The maximum Gasteiger partial charge on any atom is 0.433 e. The summed E-state index contributed by atoms with van der Waals surface area (Å²) in [6.07, 6.45) is 1.40. The predicted molar refractivity (Wildman–Crippen MR) is 113 cm³/mol. The lowest BCUT2D eigenvalue weighted by Gasteiger charge is -2.35. The molecule has 2 N–H and O–H groups in total. The summed E-state index contributed by atoms with van der Waals surface area (Å²) in [5, 5.41) is 11.2. The number of alkyl halides is 3. The molecular weight excluding hydrogens is 437 g/mol. The van der Waals surface area contributed by atoms with Crippen LogP contribution in [0.4, 0.5) is 18.9 Å². The minimum Gasteiger partial charge on any atom is -0.490 e. The molecule has 5 rings (SSSR count). The van der Waals surface area contributed by atoms with Gasteiger partial charge in [0.15, 0.2) is 5.69 Å². The molecule has 1 aliphatic carbocycles. The number of H-pyrrole nitrogens is 1. The summed E-state index contributed by atoms with van der Waals surface area (Å²) in [5.41, 5.74) is 1.52. The lowest BCUT2D eigenvalue weighted by atomic mass is 9.78. The third-order valence-electron chi connectivity index (χ3n) is 5.68. The van der Waals surface area contributed by atoms with Crippen LogP contribution in [0.5, 0.6) is 5.75 Å². The van der Waals surface area contributed by atoms with Gasteiger partial charge < -0.3 is 15.0 Å². The fourth-order valence-electron chi connectivity index (χ4n) is 3.86. The fourth-order valence-corrected chi connectivity index (χ4v) is 3.86. The van der Waals surface area contributed by atoms with Crippen LogP contribution in [0.2, 0.25) is 0 Å². The average Bonchev–Trinajstić information content (AvgIpc) is 3.36. The largest absolute Gasteiger partial charge is 0.490 e. The van der Waals surface area contributed by atoms with Crippen LogP contribution in [0.15, 0.2) is 48.9 Å². The van der Waals surface area contributed by atoms with Gasteiger partial charge in [0.05, 0.1) is 18.0 Å². The number of rotatable bonds is 5. The third-order valence-corrected chi connectivity index (χ3v) is 5.68. The number of carbonyl (C=O) groups is 1. The molecule has 1 aliphatic rings. The molecule has 170 valence electrons. The van der Waals surface area contributed by atoms with E-state index in [9.17, 15) is 18.0 Å². The van der Waals surface area contributed by atoms with Crippen LogP contribution in [-0.4, -0.2) is 37.0 Å². The van der Waals surface area contributed by atoms with Crippen LogP contribution >= 0.6 is 0 Å². The van der Waals surface area contributed by atoms with E-state index < -0.39 is 11.9 Å². The highest BCUT2D eigenvalue weighted by Gasteiger charge is 2.35. The van der Waals surface area contributed by atoms with E-state index >= 15 is 0 Å². The second-order valence-electron chi connectivity index (χ2n) is 8.02. The number of halogens is 3. The summed E-state index contributed by atoms with van der Waals surface area (Å²) < 4.78 is 45.5. The number of aryl methyl sites for hydroxylation is 1. The molecule has 1 fully saturated rings. The normalized spacial score (nSPS) is 18.2. The quantitative estimate of drug-likeness (QED) is 0.467. The van der Waals surface area contributed by atoms with Crippen LogP contribution in [-0.2, 0) is 13.2 Å². The smallest absolute Gasteiger partial charge is 0.433 e. The van der Waals surface area contributed by atoms with Crippen molar-refractivity contribution in [2.24, 2.45) is 7.05 Å². The number of benzene rings is 1. The van der Waals surface area contributed by atoms with E-state index in [1.807, 2.05) is 18.2 Å². The van der Waals surface area contributed by atoms with Crippen molar-refractivity contribution in [3.63, 3.8) is 0 Å². The Hall–Kier alpha value is -3.89. The van der Waals surface area contributed by atoms with Gasteiger partial charge in [-0.15, -0.1) is 5.10 Å². The van der Waals surface area contributed by atoms with E-state index in [4.69, 9.17) is 4.74 Å². The summed E-state index contributed by atoms with van der Waals surface area (Å²) in [4.78, 5) is 19.0. The minimum atomic E-state index is -4.44. The third kappa shape index (κ3) is 4.26. The number of hydrogen-bond acceptors (Lipinski definition) is 5. The van der Waals surface area contributed by atoms with Gasteiger partial charge in [-0.25, -0.2) is 0 Å². The Kier molecular flexibility index (Phi) is 5.03. The number of ether oxygens (including phenoxy) is 1. The number of carbonyl (C=O) groups excluding carboxylic acids is 1. The van der Waals surface area contributed by atoms with Crippen molar-refractivity contribution in [3.05, 3.63) is 65.9 Å². The Labute approximate surface area is 185 Å². The van der Waals surface area contributed by atoms with Crippen LogP contribution < -0.4 is 10.1 Å². The number of nitrogens with one attached hydrogen (secondary N) is 2. The molecule has 0 aliphatic heterocycles. The molecule has 0 atom stereocenters. The molecule has 1 saturated carbocycles. The van der Waals surface area contributed by atoms with Crippen molar-refractivity contribution >= 4 is 22.5 Å². The van der Waals surface area contributed by atoms with Crippen molar-refractivity contribution < 1.29 is 22.7 Å². The summed E-state index contributed by atoms with van der Waals surface area (Å²) in [7, 11) is 1.68. The van der Waals surface area contributed by atoms with Gasteiger partial charge in [0.2, 0.25) is 0 Å². The van der Waals surface area contributed by atoms with Gasteiger partial charge in [0, 0.05) is 30.3 Å². The molecule has 0 spiro atoms. The van der Waals surface area contributed by atoms with E-state index in [1.165, 1.54) is 23.1 Å². The zero-order valence-corrected chi connectivity index (χ0v) is 17.4. The van der Waals surface area contributed by atoms with Gasteiger partial charge in [-0.1, -0.05) is 11.3 Å². The number of fused-ring (bicyclic) bond motifs is 1. The van der Waals surface area contributed by atoms with E-state index in [0.29, 0.717) is 24.3 Å². The van der Waals surface area contributed by atoms with Crippen LogP contribution in [0, 0.1) is 0 Å². The molecule has 1 aromatic carbocycles. The van der Waals surface area contributed by atoms with Gasteiger partial charge in [-0.05, 0) is 48.6 Å². The Morgan fingerprint density at radius 3 is 2.73 bits per heavy atom. The maximum atomic E-state index is 12.7. The Morgan fingerprint density at radius 1 is 1.24 bits per heavy atom. The van der Waals surface area contributed by atoms with Crippen molar-refractivity contribution in [3.8, 4) is 5.75 Å². The number of amides is 1. The summed E-state index contributed by atoms with van der Waals surface area (Å²) in [5.74, 6) is 0.385. The van der Waals surface area contributed by atoms with Gasteiger partial charge in [-0.2, -0.15) is 13.2 Å². The molecule has 8 nitrogen and oxygen atoms in total. The van der Waals surface area contributed by atoms with Crippen molar-refractivity contribution in [1.29, 1.82) is 0 Å². The van der Waals surface area contributed by atoms with Gasteiger partial charge in [-0.3, -0.25) is 14.5 Å². The molecule has 0 unspecified atom stereocenters. The molecule has 33 heavy (non-hydrogen) atoms. The maximum absolute atomic E-state index is 12.7. The number of nitrogens with zero attached hydrogens (tertiary/aromatic N) is 4. The number of hydrogen-bond donors (Lipinski definition) is 2. The highest BCUT2D eigenvalue weighted by molar-refractivity contribution is 6.08. The summed E-state index contributed by atoms with van der Waals surface area (Å²) in [6.45, 7) is 0. The monoisotopic (exact) mass is 456 g/mol. The van der Waals surface area contributed by atoms with Crippen molar-refractivity contribution in [2.45, 2.75) is 31.0 Å². The molecule has 3 heterocycles. The fraction of sp³-hybridized carbons (Fsp3) is 0.273. The van der Waals surface area contributed by atoms with Crippen LogP contribution in [0.1, 0.15) is 40.5 Å². The minimum absolute atomic E-state index is 0.0497. The zero-order valence-electron chi connectivity index (χ0n) is 17.4. The standard InChI is InChI=1S/C22H19F3N6O2/c1-31-11-19(29-30-31)21(32)28-18-10-26-17-4-3-14(8-16(17)18)33-15-6-13(7-15)12-2-5-20(27-9-12)22(23,24)25/h2-5,8-11,13,15,26H,6-7H2,1H3,(H,28,32)/t13-,15-. The van der Waals surface area contributed by atoms with E-state index in [-0.39, 0.29) is 23.6 Å². The molecule has 11 heteroatoms. The number of aromatic nitrogens is 5. The van der Waals surface area contributed by atoms with E-state index in [2.05, 4.69) is 25.6 Å². The first-order valence-corrected chi connectivity index (χ1v) is 10.2. The average molecular weight is 456 g/mol. The first kappa shape index (κ1) is 21.0. The Morgan fingerprint density at radius 2 is 2.06 bits per heavy atom. The molecule has 1 amide bonds. The molecule has 4 aromatic rings. The zero-order chi connectivity index (χ0) is 23.2. The molecule has 3 aromatic heterocycles. The van der Waals surface area contributed by atoms with Crippen molar-refractivity contribution in [2.75, 3.05) is 5.32 Å². The first-order valence-electron chi connectivity index (χ1n) is 10.2. The number of pyridine rings is 1. The highest BCUT2D eigenvalue weighted by Crippen LogP contribution is 2.40. The summed E-state index contributed by atoms with van der Waals surface area (Å²) >= 11 is 0. The first-order chi connectivity index (χ1) is 15.8. The molecule has 0 saturated heterocycles. The molecular formula is C22H19F3N6O2. The Bertz CT molecular complexity index is 1310. The second kappa shape index (κ2) is 7.91. The van der Waals surface area contributed by atoms with E-state index in [1.54, 1.807) is 13.2 Å². The van der Waals surface area contributed by atoms with Gasteiger partial charge >= 0.3 is 6.18 Å². The Balaban J connectivity index is 1.23. The highest BCUT2D eigenvalue weighted by atomic mass is 19.4. The lowest BCUT2D eigenvalue weighted by Crippen LogP contribution is -2.32. The molecule has 0 bridgehead atoms.